The van der Waals surface area contributed by atoms with Crippen molar-refractivity contribution in [3.05, 3.63) is 120 Å². The fraction of sp³-hybridized carbons (Fsp3) is 0.235. The van der Waals surface area contributed by atoms with E-state index in [0.717, 1.165) is 29.7 Å². The fourth-order valence-electron chi connectivity index (χ4n) is 4.27. The Labute approximate surface area is 244 Å². The molecule has 2 rings (SSSR count). The van der Waals surface area contributed by atoms with Crippen LogP contribution in [0, 0.1) is 0 Å². The maximum atomic E-state index is 13.2. The van der Waals surface area contributed by atoms with Crippen molar-refractivity contribution in [3.8, 4) is 11.1 Å². The van der Waals surface area contributed by atoms with Crippen LogP contribution in [0.1, 0.15) is 68.4 Å². The van der Waals surface area contributed by atoms with E-state index in [1.807, 2.05) is 51.1 Å². The van der Waals surface area contributed by atoms with Gasteiger partial charge in [0, 0.05) is 63.5 Å². The zero-order chi connectivity index (χ0) is 29.7. The minimum Gasteiger partial charge on any atom is -0.508 e. The summed E-state index contributed by atoms with van der Waals surface area (Å²) < 4.78 is 0. The summed E-state index contributed by atoms with van der Waals surface area (Å²) in [7, 11) is 0. The predicted octanol–water partition coefficient (Wildman–Crippen LogP) is 9.03. The number of rotatable bonds is 14. The third-order valence-corrected chi connectivity index (χ3v) is 6.55. The highest BCUT2D eigenvalue weighted by atomic mass is 35.5. The van der Waals surface area contributed by atoms with Gasteiger partial charge >= 0.3 is 0 Å². The van der Waals surface area contributed by atoms with E-state index < -0.39 is 0 Å². The Morgan fingerprint density at radius 1 is 1.15 bits per heavy atom. The second kappa shape index (κ2) is 16.1. The Morgan fingerprint density at radius 2 is 1.90 bits per heavy atom. The molecule has 210 valence electrons. The van der Waals surface area contributed by atoms with Crippen molar-refractivity contribution in [2.75, 3.05) is 0 Å². The van der Waals surface area contributed by atoms with Gasteiger partial charge in [0.2, 0.25) is 0 Å². The molecular formula is C34H40ClN3O2. The Balaban J connectivity index is 2.50. The van der Waals surface area contributed by atoms with Crippen LogP contribution in [0.2, 0.25) is 5.02 Å². The minimum atomic E-state index is -0.238. The molecule has 0 saturated carbocycles. The Bertz CT molecular complexity index is 1370. The predicted molar refractivity (Wildman–Crippen MR) is 173 cm³/mol. The zero-order valence-corrected chi connectivity index (χ0v) is 24.7. The second-order valence-corrected chi connectivity index (χ2v) is 9.69. The molecule has 0 aromatic heterocycles. The first kappa shape index (κ1) is 32.1. The second-order valence-electron chi connectivity index (χ2n) is 9.28. The number of nitrogens with one attached hydrogen (secondary N) is 2. The van der Waals surface area contributed by atoms with Gasteiger partial charge in [-0.05, 0) is 62.6 Å². The standard InChI is InChI=1S/C34H40ClN3O2/c1-8-13-23(5)32(11-4)37-24(6)28-15-12-16-31(35)33(28)29-18-17-26(22-30(29)25(7)39)34(40)38-27(14-9-2)19-21-36-20-10-3/h8,10-13,15-18,20-22,27,37,39H,4,6-7,9,14,19H2,1-3,5H3,(H,38,40)/b13-8-,20-10-,32-23+,36-21?. The van der Waals surface area contributed by atoms with E-state index in [4.69, 9.17) is 11.6 Å². The monoisotopic (exact) mass is 557 g/mol. The molecule has 5 nitrogen and oxygen atoms in total. The molecule has 2 aromatic carbocycles. The van der Waals surface area contributed by atoms with Gasteiger partial charge in [-0.3, -0.25) is 9.79 Å². The van der Waals surface area contributed by atoms with E-state index >= 15 is 0 Å². The van der Waals surface area contributed by atoms with E-state index in [2.05, 4.69) is 42.3 Å². The number of halogens is 1. The molecule has 0 fully saturated rings. The van der Waals surface area contributed by atoms with E-state index in [1.165, 1.54) is 0 Å². The van der Waals surface area contributed by atoms with Gasteiger partial charge < -0.3 is 15.7 Å². The topological polar surface area (TPSA) is 73.7 Å². The van der Waals surface area contributed by atoms with Crippen LogP contribution in [-0.4, -0.2) is 23.3 Å². The van der Waals surface area contributed by atoms with E-state index in [1.54, 1.807) is 42.8 Å². The molecule has 40 heavy (non-hydrogen) atoms. The first-order valence-corrected chi connectivity index (χ1v) is 13.7. The quantitative estimate of drug-likeness (QED) is 0.123. The maximum absolute atomic E-state index is 13.2. The van der Waals surface area contributed by atoms with Crippen molar-refractivity contribution in [1.29, 1.82) is 0 Å². The van der Waals surface area contributed by atoms with Crippen molar-refractivity contribution in [3.63, 3.8) is 0 Å². The number of carbonyl (C=O) groups is 1. The zero-order valence-electron chi connectivity index (χ0n) is 23.9. The van der Waals surface area contributed by atoms with Crippen LogP contribution in [0.15, 0.2) is 103 Å². The van der Waals surface area contributed by atoms with Crippen LogP contribution >= 0.6 is 11.6 Å². The maximum Gasteiger partial charge on any atom is 0.251 e. The lowest BCUT2D eigenvalue weighted by Gasteiger charge is -2.20. The Kier molecular flexibility index (Phi) is 12.9. The van der Waals surface area contributed by atoms with E-state index in [9.17, 15) is 9.90 Å². The van der Waals surface area contributed by atoms with Gasteiger partial charge in [-0.15, -0.1) is 0 Å². The normalized spacial score (nSPS) is 12.9. The number of hydrogen-bond acceptors (Lipinski definition) is 4. The molecule has 3 N–H and O–H groups in total. The number of benzene rings is 2. The van der Waals surface area contributed by atoms with E-state index in [0.29, 0.717) is 39.4 Å². The molecule has 1 amide bonds. The summed E-state index contributed by atoms with van der Waals surface area (Å²) in [4.78, 5) is 17.4. The van der Waals surface area contributed by atoms with Gasteiger partial charge in [0.05, 0.1) is 0 Å². The van der Waals surface area contributed by atoms with Gasteiger partial charge in [-0.25, -0.2) is 0 Å². The van der Waals surface area contributed by atoms with E-state index in [-0.39, 0.29) is 17.7 Å². The van der Waals surface area contributed by atoms with Crippen molar-refractivity contribution in [2.45, 2.75) is 53.0 Å². The summed E-state index contributed by atoms with van der Waals surface area (Å²) in [6.07, 6.45) is 13.4. The summed E-state index contributed by atoms with van der Waals surface area (Å²) in [6.45, 7) is 19.8. The summed E-state index contributed by atoms with van der Waals surface area (Å²) >= 11 is 6.72. The highest BCUT2D eigenvalue weighted by Gasteiger charge is 2.20. The third-order valence-electron chi connectivity index (χ3n) is 6.23. The highest BCUT2D eigenvalue weighted by Crippen LogP contribution is 2.38. The molecule has 2 aromatic rings. The summed E-state index contributed by atoms with van der Waals surface area (Å²) in [5.41, 5.74) is 5.26. The first-order chi connectivity index (χ1) is 19.2. The fourth-order valence-corrected chi connectivity index (χ4v) is 4.55. The van der Waals surface area contributed by atoms with Crippen LogP contribution in [0.5, 0.6) is 0 Å². The van der Waals surface area contributed by atoms with Crippen LogP contribution in [0.25, 0.3) is 22.6 Å². The molecule has 1 unspecified atom stereocenters. The average molecular weight is 558 g/mol. The minimum absolute atomic E-state index is 0.0605. The molecule has 0 bridgehead atoms. The molecule has 0 spiro atoms. The number of carbonyl (C=O) groups excluding carboxylic acids is 1. The van der Waals surface area contributed by atoms with Crippen molar-refractivity contribution >= 4 is 35.2 Å². The highest BCUT2D eigenvalue weighted by molar-refractivity contribution is 6.34. The number of amides is 1. The molecular weight excluding hydrogens is 518 g/mol. The number of nitrogens with zero attached hydrogens (tertiary/aromatic N) is 1. The molecule has 0 radical (unpaired) electrons. The molecule has 0 saturated heterocycles. The SMILES string of the molecule is C=C/C(NC(=C)c1cccc(Cl)c1-c1ccc(C(=O)NC(CC=N/C=C\C)CCC)cc1C(=C)O)=C(C)\C=C/C. The van der Waals surface area contributed by atoms with Gasteiger partial charge in [-0.1, -0.05) is 81.1 Å². The molecule has 0 aliphatic rings. The van der Waals surface area contributed by atoms with Gasteiger partial charge in [-0.2, -0.15) is 0 Å². The lowest BCUT2D eigenvalue weighted by molar-refractivity contribution is 0.0936. The lowest BCUT2D eigenvalue weighted by Crippen LogP contribution is -2.35. The smallest absolute Gasteiger partial charge is 0.251 e. The number of aliphatic hydroxyl groups is 1. The molecule has 6 heteroatoms. The number of aliphatic imine (C=N–C) groups is 1. The van der Waals surface area contributed by atoms with Crippen molar-refractivity contribution < 1.29 is 9.90 Å². The first-order valence-electron chi connectivity index (χ1n) is 13.3. The van der Waals surface area contributed by atoms with Crippen molar-refractivity contribution in [1.82, 2.24) is 10.6 Å². The summed E-state index contributed by atoms with van der Waals surface area (Å²) in [5.74, 6) is -0.411. The lowest BCUT2D eigenvalue weighted by atomic mass is 9.91. The average Bonchev–Trinajstić information content (AvgIpc) is 2.93. The van der Waals surface area contributed by atoms with Gasteiger partial charge in [0.1, 0.15) is 5.76 Å². The molecule has 0 heterocycles. The Morgan fingerprint density at radius 3 is 2.52 bits per heavy atom. The summed E-state index contributed by atoms with van der Waals surface area (Å²) in [5, 5.41) is 17.5. The largest absolute Gasteiger partial charge is 0.508 e. The summed E-state index contributed by atoms with van der Waals surface area (Å²) in [6, 6.07) is 10.6. The van der Waals surface area contributed by atoms with Gasteiger partial charge in [0.25, 0.3) is 5.91 Å². The van der Waals surface area contributed by atoms with Crippen LogP contribution in [-0.2, 0) is 0 Å². The van der Waals surface area contributed by atoms with Gasteiger partial charge in [0.15, 0.2) is 0 Å². The molecule has 0 aliphatic heterocycles. The molecule has 1 atom stereocenters. The van der Waals surface area contributed by atoms with Crippen molar-refractivity contribution in [2.24, 2.45) is 4.99 Å². The third kappa shape index (κ3) is 8.72. The van der Waals surface area contributed by atoms with Crippen LogP contribution < -0.4 is 10.6 Å². The van der Waals surface area contributed by atoms with Crippen LogP contribution in [0.4, 0.5) is 0 Å². The number of aliphatic hydroxyl groups excluding tert-OH is 1. The number of allylic oxidation sites excluding steroid dienone is 5. The molecule has 0 aliphatic carbocycles. The van der Waals surface area contributed by atoms with Crippen LogP contribution in [0.3, 0.4) is 0 Å². The Hall–Kier alpha value is -4.09. The number of hydrogen-bond donors (Lipinski definition) is 3.